The van der Waals surface area contributed by atoms with Crippen LogP contribution < -0.4 is 10.6 Å². The van der Waals surface area contributed by atoms with E-state index in [9.17, 15) is 9.50 Å². The second kappa shape index (κ2) is 10.2. The number of nitrogens with one attached hydrogen (secondary N) is 2. The average Bonchev–Trinajstić information content (AvgIpc) is 3.05. The number of hydrogen-bond acceptors (Lipinski definition) is 3. The van der Waals surface area contributed by atoms with Crippen LogP contribution in [0.2, 0.25) is 0 Å². The lowest BCUT2D eigenvalue weighted by Crippen LogP contribution is -2.39. The molecule has 0 bridgehead atoms. The first-order chi connectivity index (χ1) is 10.7. The van der Waals surface area contributed by atoms with Gasteiger partial charge in [0.2, 0.25) is 0 Å². The monoisotopic (exact) mass is 433 g/mol. The molecule has 0 aliphatic carbocycles. The maximum absolute atomic E-state index is 13.6. The third-order valence-corrected chi connectivity index (χ3v) is 3.04. The van der Waals surface area contributed by atoms with Crippen molar-refractivity contribution in [2.24, 2.45) is 4.99 Å². The number of rotatable bonds is 6. The van der Waals surface area contributed by atoms with Gasteiger partial charge < -0.3 is 20.2 Å². The van der Waals surface area contributed by atoms with Crippen molar-refractivity contribution in [1.82, 2.24) is 10.6 Å². The molecule has 1 unspecified atom stereocenters. The summed E-state index contributed by atoms with van der Waals surface area (Å²) in [5, 5.41) is 16.0. The lowest BCUT2D eigenvalue weighted by atomic mass is 10.2. The fourth-order valence-electron chi connectivity index (χ4n) is 1.91. The van der Waals surface area contributed by atoms with Crippen LogP contribution in [-0.4, -0.2) is 24.2 Å². The highest BCUT2D eigenvalue weighted by Gasteiger charge is 2.11. The fraction of sp³-hybridized carbons (Fsp3) is 0.312. The smallest absolute Gasteiger partial charge is 0.191 e. The molecule has 1 aromatic heterocycles. The predicted molar refractivity (Wildman–Crippen MR) is 98.3 cm³/mol. The van der Waals surface area contributed by atoms with Gasteiger partial charge in [0.05, 0.1) is 19.4 Å². The van der Waals surface area contributed by atoms with Crippen LogP contribution >= 0.6 is 24.0 Å². The minimum atomic E-state index is -0.771. The Labute approximate surface area is 152 Å². The van der Waals surface area contributed by atoms with Gasteiger partial charge in [-0.15, -0.1) is 24.0 Å². The lowest BCUT2D eigenvalue weighted by Gasteiger charge is -2.14. The summed E-state index contributed by atoms with van der Waals surface area (Å²) in [7, 11) is 0. The zero-order valence-corrected chi connectivity index (χ0v) is 15.2. The molecular formula is C16H21FIN3O2. The predicted octanol–water partition coefficient (Wildman–Crippen LogP) is 2.83. The van der Waals surface area contributed by atoms with Gasteiger partial charge in [-0.25, -0.2) is 9.38 Å². The zero-order valence-electron chi connectivity index (χ0n) is 12.8. The van der Waals surface area contributed by atoms with Gasteiger partial charge in [0.25, 0.3) is 0 Å². The summed E-state index contributed by atoms with van der Waals surface area (Å²) in [5.41, 5.74) is 0.520. The Morgan fingerprint density at radius 1 is 1.26 bits per heavy atom. The molecule has 1 aromatic carbocycles. The van der Waals surface area contributed by atoms with Crippen molar-refractivity contribution in [2.45, 2.75) is 19.6 Å². The molecule has 0 radical (unpaired) electrons. The molecule has 23 heavy (non-hydrogen) atoms. The summed E-state index contributed by atoms with van der Waals surface area (Å²) >= 11 is 0. The average molecular weight is 433 g/mol. The number of aliphatic imine (C=N–C) groups is 1. The minimum Gasteiger partial charge on any atom is -0.467 e. The molecule has 7 heteroatoms. The zero-order chi connectivity index (χ0) is 15.8. The first-order valence-corrected chi connectivity index (χ1v) is 7.17. The third kappa shape index (κ3) is 6.19. The van der Waals surface area contributed by atoms with Gasteiger partial charge in [-0.1, -0.05) is 18.2 Å². The molecule has 1 heterocycles. The van der Waals surface area contributed by atoms with Gasteiger partial charge >= 0.3 is 0 Å². The van der Waals surface area contributed by atoms with Gasteiger partial charge in [-0.05, 0) is 25.1 Å². The molecule has 0 saturated heterocycles. The highest BCUT2D eigenvalue weighted by Crippen LogP contribution is 2.11. The molecule has 2 rings (SSSR count). The lowest BCUT2D eigenvalue weighted by molar-refractivity contribution is 0.153. The number of aliphatic hydroxyl groups excluding tert-OH is 1. The molecule has 0 amide bonds. The third-order valence-electron chi connectivity index (χ3n) is 3.04. The van der Waals surface area contributed by atoms with E-state index < -0.39 is 6.10 Å². The van der Waals surface area contributed by atoms with Gasteiger partial charge in [0.15, 0.2) is 5.96 Å². The van der Waals surface area contributed by atoms with Gasteiger partial charge in [-0.2, -0.15) is 0 Å². The van der Waals surface area contributed by atoms with E-state index in [1.54, 1.807) is 30.3 Å². The summed E-state index contributed by atoms with van der Waals surface area (Å²) in [6, 6.07) is 9.94. The van der Waals surface area contributed by atoms with Crippen molar-refractivity contribution >= 4 is 29.9 Å². The highest BCUT2D eigenvalue weighted by molar-refractivity contribution is 14.0. The molecule has 0 aliphatic heterocycles. The summed E-state index contributed by atoms with van der Waals surface area (Å²) < 4.78 is 18.7. The van der Waals surface area contributed by atoms with Crippen LogP contribution in [0.4, 0.5) is 4.39 Å². The minimum absolute atomic E-state index is 0. The molecule has 1 atom stereocenters. The van der Waals surface area contributed by atoms with E-state index in [2.05, 4.69) is 15.6 Å². The van der Waals surface area contributed by atoms with Gasteiger partial charge in [-0.3, -0.25) is 0 Å². The molecule has 0 aliphatic rings. The van der Waals surface area contributed by atoms with Crippen LogP contribution in [0.3, 0.4) is 0 Å². The van der Waals surface area contributed by atoms with E-state index in [0.29, 0.717) is 23.8 Å². The Morgan fingerprint density at radius 2 is 2.04 bits per heavy atom. The standard InChI is InChI=1S/C16H20FN3O2.HI/c1-2-18-16(19-10-12-6-3-4-7-13(12)17)20-11-14(21)15-8-5-9-22-15;/h3-9,14,21H,2,10-11H2,1H3,(H2,18,19,20);1H. The summed E-state index contributed by atoms with van der Waals surface area (Å²) in [6.45, 7) is 3.07. The van der Waals surface area contributed by atoms with E-state index >= 15 is 0 Å². The molecule has 0 spiro atoms. The number of aliphatic hydroxyl groups is 1. The van der Waals surface area contributed by atoms with Crippen LogP contribution in [0, 0.1) is 5.82 Å². The van der Waals surface area contributed by atoms with E-state index in [-0.39, 0.29) is 42.9 Å². The SMILES string of the molecule is CCNC(=NCc1ccccc1F)NCC(O)c1ccco1.I. The molecule has 5 nitrogen and oxygen atoms in total. The Balaban J connectivity index is 0.00000264. The quantitative estimate of drug-likeness (QED) is 0.373. The Morgan fingerprint density at radius 3 is 2.70 bits per heavy atom. The Hall–Kier alpha value is -1.61. The normalized spacial score (nSPS) is 12.4. The number of halogens is 2. The number of furan rings is 1. The Bertz CT molecular complexity index is 605. The molecular weight excluding hydrogens is 412 g/mol. The fourth-order valence-corrected chi connectivity index (χ4v) is 1.91. The number of benzene rings is 1. The second-order valence-electron chi connectivity index (χ2n) is 4.70. The van der Waals surface area contributed by atoms with Gasteiger partial charge in [0, 0.05) is 12.1 Å². The van der Waals surface area contributed by atoms with E-state index in [0.717, 1.165) is 0 Å². The van der Waals surface area contributed by atoms with Crippen molar-refractivity contribution in [1.29, 1.82) is 0 Å². The highest BCUT2D eigenvalue weighted by atomic mass is 127. The summed E-state index contributed by atoms with van der Waals surface area (Å²) in [5.74, 6) is 0.714. The van der Waals surface area contributed by atoms with Crippen LogP contribution in [0.15, 0.2) is 52.1 Å². The van der Waals surface area contributed by atoms with Crippen molar-refractivity contribution in [3.8, 4) is 0 Å². The maximum atomic E-state index is 13.6. The van der Waals surface area contributed by atoms with Crippen LogP contribution in [-0.2, 0) is 6.54 Å². The van der Waals surface area contributed by atoms with E-state index in [4.69, 9.17) is 4.42 Å². The van der Waals surface area contributed by atoms with E-state index in [1.165, 1.54) is 12.3 Å². The summed E-state index contributed by atoms with van der Waals surface area (Å²) in [6.07, 6.45) is 0.739. The molecule has 2 aromatic rings. The molecule has 126 valence electrons. The van der Waals surface area contributed by atoms with Crippen molar-refractivity contribution in [3.05, 3.63) is 59.8 Å². The number of hydrogen-bond donors (Lipinski definition) is 3. The first-order valence-electron chi connectivity index (χ1n) is 7.17. The van der Waals surface area contributed by atoms with Crippen LogP contribution in [0.5, 0.6) is 0 Å². The largest absolute Gasteiger partial charge is 0.467 e. The number of guanidine groups is 1. The van der Waals surface area contributed by atoms with Crippen molar-refractivity contribution in [2.75, 3.05) is 13.1 Å². The molecule has 0 saturated carbocycles. The van der Waals surface area contributed by atoms with Crippen molar-refractivity contribution < 1.29 is 13.9 Å². The maximum Gasteiger partial charge on any atom is 0.191 e. The second-order valence-corrected chi connectivity index (χ2v) is 4.70. The van der Waals surface area contributed by atoms with Gasteiger partial charge in [0.1, 0.15) is 17.7 Å². The van der Waals surface area contributed by atoms with Crippen LogP contribution in [0.25, 0.3) is 0 Å². The van der Waals surface area contributed by atoms with Crippen molar-refractivity contribution in [3.63, 3.8) is 0 Å². The van der Waals surface area contributed by atoms with Crippen LogP contribution in [0.1, 0.15) is 24.4 Å². The van der Waals surface area contributed by atoms with E-state index in [1.807, 2.05) is 6.92 Å². The first kappa shape index (κ1) is 19.4. The summed E-state index contributed by atoms with van der Waals surface area (Å²) in [4.78, 5) is 4.31. The molecule has 3 N–H and O–H groups in total. The topological polar surface area (TPSA) is 69.8 Å². The number of nitrogens with zero attached hydrogens (tertiary/aromatic N) is 1. The molecule has 0 fully saturated rings. The Kier molecular flexibility index (Phi) is 8.64.